The molecule has 0 aliphatic rings. The van der Waals surface area contributed by atoms with Crippen LogP contribution in [0.3, 0.4) is 0 Å². The number of nitrogens with one attached hydrogen (secondary N) is 1. The van der Waals surface area contributed by atoms with E-state index in [1.165, 1.54) is 6.20 Å². The van der Waals surface area contributed by atoms with E-state index >= 15 is 0 Å². The van der Waals surface area contributed by atoms with Crippen LogP contribution in [-0.4, -0.2) is 22.7 Å². The molecule has 0 aromatic carbocycles. The number of aromatic nitrogens is 2. The molecule has 0 radical (unpaired) electrons. The zero-order valence-electron chi connectivity index (χ0n) is 8.99. The molecular formula is C10H15N3O2. The Labute approximate surface area is 88.9 Å². The van der Waals surface area contributed by atoms with Gasteiger partial charge in [0.15, 0.2) is 5.82 Å². The van der Waals surface area contributed by atoms with Crippen molar-refractivity contribution in [3.8, 4) is 0 Å². The summed E-state index contributed by atoms with van der Waals surface area (Å²) >= 11 is 0. The monoisotopic (exact) mass is 209 g/mol. The minimum absolute atomic E-state index is 0.405. The fraction of sp³-hybridized carbons (Fsp3) is 0.500. The molecule has 0 bridgehead atoms. The Kier molecular flexibility index (Phi) is 4.53. The maximum absolute atomic E-state index is 11.2. The summed E-state index contributed by atoms with van der Waals surface area (Å²) in [5.41, 5.74) is 0.805. The maximum atomic E-state index is 11.2. The zero-order valence-corrected chi connectivity index (χ0v) is 8.99. The van der Waals surface area contributed by atoms with Crippen molar-refractivity contribution in [2.24, 2.45) is 0 Å². The van der Waals surface area contributed by atoms with Gasteiger partial charge in [0.05, 0.1) is 24.7 Å². The molecule has 0 atom stereocenters. The van der Waals surface area contributed by atoms with Crippen LogP contribution in [-0.2, 0) is 4.74 Å². The first-order valence-corrected chi connectivity index (χ1v) is 4.94. The van der Waals surface area contributed by atoms with Crippen molar-refractivity contribution in [1.29, 1.82) is 0 Å². The number of carbonyl (C=O) groups excluding carboxylic acids is 1. The van der Waals surface area contributed by atoms with Gasteiger partial charge in [-0.3, -0.25) is 10.3 Å². The van der Waals surface area contributed by atoms with Gasteiger partial charge in [-0.15, -0.1) is 0 Å². The van der Waals surface area contributed by atoms with Crippen LogP contribution in [0.4, 0.5) is 10.6 Å². The number of hydrogen-bond donors (Lipinski definition) is 1. The van der Waals surface area contributed by atoms with E-state index in [2.05, 4.69) is 15.3 Å². The first-order valence-electron chi connectivity index (χ1n) is 4.94. The van der Waals surface area contributed by atoms with Gasteiger partial charge >= 0.3 is 6.09 Å². The van der Waals surface area contributed by atoms with Gasteiger partial charge in [0, 0.05) is 0 Å². The normalized spacial score (nSPS) is 9.73. The molecule has 5 nitrogen and oxygen atoms in total. The molecule has 0 spiro atoms. The molecule has 0 aliphatic heterocycles. The smallest absolute Gasteiger partial charge is 0.412 e. The molecule has 1 amide bonds. The molecular weight excluding hydrogens is 194 g/mol. The fourth-order valence-corrected chi connectivity index (χ4v) is 0.907. The summed E-state index contributed by atoms with van der Waals surface area (Å²) < 4.78 is 4.90. The van der Waals surface area contributed by atoms with Crippen molar-refractivity contribution in [3.05, 3.63) is 18.1 Å². The molecule has 5 heteroatoms. The van der Waals surface area contributed by atoms with Gasteiger partial charge in [0.25, 0.3) is 0 Å². The van der Waals surface area contributed by atoms with E-state index in [1.807, 2.05) is 13.8 Å². The lowest BCUT2D eigenvalue weighted by molar-refractivity contribution is 0.160. The summed E-state index contributed by atoms with van der Waals surface area (Å²) in [6.45, 7) is 4.30. The van der Waals surface area contributed by atoms with Crippen molar-refractivity contribution in [2.75, 3.05) is 11.9 Å². The number of nitrogens with zero attached hydrogens (tertiary/aromatic N) is 2. The highest BCUT2D eigenvalue weighted by molar-refractivity contribution is 5.82. The van der Waals surface area contributed by atoms with Gasteiger partial charge in [0.1, 0.15) is 0 Å². The number of amides is 1. The Balaban J connectivity index is 2.34. The van der Waals surface area contributed by atoms with Crippen LogP contribution in [0.1, 0.15) is 25.5 Å². The topological polar surface area (TPSA) is 64.1 Å². The predicted octanol–water partition coefficient (Wildman–Crippen LogP) is 2.13. The molecule has 1 aromatic rings. The predicted molar refractivity (Wildman–Crippen MR) is 56.6 cm³/mol. The Morgan fingerprint density at radius 2 is 2.27 bits per heavy atom. The average Bonchev–Trinajstić information content (AvgIpc) is 2.22. The lowest BCUT2D eigenvalue weighted by Gasteiger charge is -2.05. The second-order valence-electron chi connectivity index (χ2n) is 3.16. The van der Waals surface area contributed by atoms with E-state index in [1.54, 1.807) is 6.20 Å². The van der Waals surface area contributed by atoms with Gasteiger partial charge in [-0.25, -0.2) is 9.78 Å². The largest absolute Gasteiger partial charge is 0.449 e. The van der Waals surface area contributed by atoms with Crippen LogP contribution in [0.5, 0.6) is 0 Å². The van der Waals surface area contributed by atoms with Crippen LogP contribution in [0, 0.1) is 6.92 Å². The molecule has 1 aromatic heterocycles. The third-order valence-corrected chi connectivity index (χ3v) is 1.74. The zero-order chi connectivity index (χ0) is 11.1. The molecule has 1 heterocycles. The van der Waals surface area contributed by atoms with Gasteiger partial charge in [-0.05, 0) is 13.3 Å². The highest BCUT2D eigenvalue weighted by Gasteiger charge is 2.03. The van der Waals surface area contributed by atoms with E-state index in [4.69, 9.17) is 4.74 Å². The number of ether oxygens (including phenoxy) is 1. The summed E-state index contributed by atoms with van der Waals surface area (Å²) in [6, 6.07) is 0. The third-order valence-electron chi connectivity index (χ3n) is 1.74. The molecule has 0 aliphatic carbocycles. The quantitative estimate of drug-likeness (QED) is 0.771. The minimum Gasteiger partial charge on any atom is -0.449 e. The van der Waals surface area contributed by atoms with Crippen LogP contribution >= 0.6 is 0 Å². The second-order valence-corrected chi connectivity index (χ2v) is 3.16. The molecule has 1 rings (SSSR count). The van der Waals surface area contributed by atoms with Crippen LogP contribution < -0.4 is 5.32 Å². The van der Waals surface area contributed by atoms with Gasteiger partial charge in [0.2, 0.25) is 0 Å². The van der Waals surface area contributed by atoms with Crippen LogP contribution in [0.25, 0.3) is 0 Å². The van der Waals surface area contributed by atoms with E-state index in [-0.39, 0.29) is 0 Å². The molecule has 0 unspecified atom stereocenters. The third kappa shape index (κ3) is 4.39. The number of hydrogen-bond acceptors (Lipinski definition) is 4. The number of carbonyl (C=O) groups is 1. The minimum atomic E-state index is -0.485. The molecule has 0 saturated heterocycles. The van der Waals surface area contributed by atoms with Crippen molar-refractivity contribution in [1.82, 2.24) is 9.97 Å². The van der Waals surface area contributed by atoms with Gasteiger partial charge in [-0.2, -0.15) is 0 Å². The lowest BCUT2D eigenvalue weighted by Crippen LogP contribution is -2.15. The van der Waals surface area contributed by atoms with E-state index < -0.39 is 6.09 Å². The fourth-order valence-electron chi connectivity index (χ4n) is 0.907. The number of unbranched alkanes of at least 4 members (excludes halogenated alkanes) is 1. The van der Waals surface area contributed by atoms with Crippen molar-refractivity contribution in [2.45, 2.75) is 26.7 Å². The highest BCUT2D eigenvalue weighted by Crippen LogP contribution is 2.01. The highest BCUT2D eigenvalue weighted by atomic mass is 16.5. The molecule has 15 heavy (non-hydrogen) atoms. The molecule has 82 valence electrons. The maximum Gasteiger partial charge on any atom is 0.412 e. The van der Waals surface area contributed by atoms with E-state index in [0.717, 1.165) is 18.5 Å². The lowest BCUT2D eigenvalue weighted by atomic mass is 10.4. The van der Waals surface area contributed by atoms with Gasteiger partial charge < -0.3 is 4.74 Å². The number of rotatable bonds is 4. The van der Waals surface area contributed by atoms with E-state index in [9.17, 15) is 4.79 Å². The van der Waals surface area contributed by atoms with Gasteiger partial charge in [-0.1, -0.05) is 13.3 Å². The average molecular weight is 209 g/mol. The Hall–Kier alpha value is -1.65. The molecule has 0 fully saturated rings. The van der Waals surface area contributed by atoms with Crippen LogP contribution in [0.2, 0.25) is 0 Å². The summed E-state index contributed by atoms with van der Waals surface area (Å²) in [5, 5.41) is 2.49. The standard InChI is InChI=1S/C10H15N3O2/c1-3-4-5-15-10(14)13-9-7-11-8(2)6-12-9/h6-7H,3-5H2,1-2H3,(H,12,13,14). The SMILES string of the molecule is CCCCOC(=O)Nc1cnc(C)cn1. The summed E-state index contributed by atoms with van der Waals surface area (Å²) in [6.07, 6.45) is 4.46. The van der Waals surface area contributed by atoms with E-state index in [0.29, 0.717) is 12.4 Å². The van der Waals surface area contributed by atoms with Crippen molar-refractivity contribution >= 4 is 11.9 Å². The Morgan fingerprint density at radius 3 is 2.87 bits per heavy atom. The second kappa shape index (κ2) is 5.95. The summed E-state index contributed by atoms with van der Waals surface area (Å²) in [5.74, 6) is 0.405. The first kappa shape index (κ1) is 11.4. The first-order chi connectivity index (χ1) is 7.22. The summed E-state index contributed by atoms with van der Waals surface area (Å²) in [7, 11) is 0. The number of aryl methyl sites for hydroxylation is 1. The number of anilines is 1. The molecule has 0 saturated carbocycles. The van der Waals surface area contributed by atoms with Crippen LogP contribution in [0.15, 0.2) is 12.4 Å². The molecule has 1 N–H and O–H groups in total. The Morgan fingerprint density at radius 1 is 1.47 bits per heavy atom. The van der Waals surface area contributed by atoms with Crippen molar-refractivity contribution < 1.29 is 9.53 Å². The summed E-state index contributed by atoms with van der Waals surface area (Å²) in [4.78, 5) is 19.1. The van der Waals surface area contributed by atoms with Crippen molar-refractivity contribution in [3.63, 3.8) is 0 Å². The Bertz CT molecular complexity index is 311.